The average Bonchev–Trinajstić information content (AvgIpc) is 3.29. The maximum Gasteiger partial charge on any atom is 0.252 e. The number of hydrogen-bond acceptors (Lipinski definition) is 6. The Balaban J connectivity index is 1.46. The highest BCUT2D eigenvalue weighted by Crippen LogP contribution is 2.25. The molecule has 0 aromatic carbocycles. The summed E-state index contributed by atoms with van der Waals surface area (Å²) in [5.74, 6) is 0.703. The van der Waals surface area contributed by atoms with Crippen molar-refractivity contribution >= 4 is 11.9 Å². The summed E-state index contributed by atoms with van der Waals surface area (Å²) in [5, 5.41) is 7.83. The van der Waals surface area contributed by atoms with Crippen LogP contribution in [0.3, 0.4) is 0 Å². The van der Waals surface area contributed by atoms with Crippen LogP contribution in [0.4, 0.5) is 5.95 Å². The third kappa shape index (κ3) is 3.21. The number of carbonyl (C=O) groups is 1. The molecule has 1 N–H and O–H groups in total. The average molecular weight is 342 g/mol. The Labute approximate surface area is 146 Å². The van der Waals surface area contributed by atoms with Gasteiger partial charge in [-0.25, -0.2) is 9.97 Å². The minimum atomic E-state index is -0.258. The first-order valence-electron chi connectivity index (χ1n) is 8.67. The van der Waals surface area contributed by atoms with Crippen LogP contribution < -0.4 is 5.32 Å². The molecule has 8 nitrogen and oxygen atoms in total. The molecule has 0 saturated carbocycles. The van der Waals surface area contributed by atoms with Crippen LogP contribution in [-0.2, 0) is 36.1 Å². The lowest BCUT2D eigenvalue weighted by Crippen LogP contribution is -2.42. The Morgan fingerprint density at radius 2 is 2.24 bits per heavy atom. The number of ether oxygens (including phenoxy) is 1. The van der Waals surface area contributed by atoms with E-state index in [1.54, 1.807) is 18.5 Å². The zero-order valence-corrected chi connectivity index (χ0v) is 14.3. The number of anilines is 1. The van der Waals surface area contributed by atoms with Crippen molar-refractivity contribution in [3.05, 3.63) is 35.4 Å². The number of aryl methyl sites for hydroxylation is 1. The topological polar surface area (TPSA) is 85.2 Å². The van der Waals surface area contributed by atoms with Gasteiger partial charge in [-0.3, -0.25) is 9.48 Å². The van der Waals surface area contributed by atoms with Gasteiger partial charge in [-0.2, -0.15) is 5.10 Å². The molecule has 1 saturated heterocycles. The maximum absolute atomic E-state index is 12.6. The summed E-state index contributed by atoms with van der Waals surface area (Å²) in [6.07, 6.45) is 5.77. The summed E-state index contributed by atoms with van der Waals surface area (Å²) < 4.78 is 7.42. The van der Waals surface area contributed by atoms with Gasteiger partial charge in [0.25, 0.3) is 5.91 Å². The first kappa shape index (κ1) is 16.0. The van der Waals surface area contributed by atoms with Crippen LogP contribution in [0, 0.1) is 0 Å². The highest BCUT2D eigenvalue weighted by atomic mass is 16.5. The Morgan fingerprint density at radius 3 is 3.00 bits per heavy atom. The third-order valence-electron chi connectivity index (χ3n) is 4.83. The molecule has 0 aliphatic carbocycles. The van der Waals surface area contributed by atoms with Crippen LogP contribution in [0.2, 0.25) is 0 Å². The lowest BCUT2D eigenvalue weighted by molar-refractivity contribution is -0.142. The van der Waals surface area contributed by atoms with E-state index in [1.165, 1.54) is 5.56 Å². The molecule has 0 bridgehead atoms. The molecule has 4 heterocycles. The molecule has 2 aliphatic rings. The zero-order valence-electron chi connectivity index (χ0n) is 14.3. The van der Waals surface area contributed by atoms with Crippen LogP contribution in [0.15, 0.2) is 18.5 Å². The second kappa shape index (κ2) is 6.79. The Bertz CT molecular complexity index is 754. The second-order valence-corrected chi connectivity index (χ2v) is 6.43. The predicted molar refractivity (Wildman–Crippen MR) is 90.7 cm³/mol. The Kier molecular flexibility index (Phi) is 4.35. The molecule has 8 heteroatoms. The number of amides is 1. The fourth-order valence-corrected chi connectivity index (χ4v) is 3.52. The molecule has 0 spiro atoms. The van der Waals surface area contributed by atoms with E-state index < -0.39 is 0 Å². The predicted octanol–water partition coefficient (Wildman–Crippen LogP) is 0.886. The summed E-state index contributed by atoms with van der Waals surface area (Å²) in [5.41, 5.74) is 3.32. The summed E-state index contributed by atoms with van der Waals surface area (Å²) in [6.45, 7) is 2.58. The quantitative estimate of drug-likeness (QED) is 0.888. The van der Waals surface area contributed by atoms with Gasteiger partial charge in [0, 0.05) is 38.2 Å². The van der Waals surface area contributed by atoms with E-state index in [0.29, 0.717) is 32.2 Å². The second-order valence-electron chi connectivity index (χ2n) is 6.43. The van der Waals surface area contributed by atoms with Crippen LogP contribution >= 0.6 is 0 Å². The molecule has 1 unspecified atom stereocenters. The van der Waals surface area contributed by atoms with E-state index in [2.05, 4.69) is 20.4 Å². The third-order valence-corrected chi connectivity index (χ3v) is 4.83. The molecule has 25 heavy (non-hydrogen) atoms. The molecule has 0 radical (unpaired) electrons. The Morgan fingerprint density at radius 1 is 1.40 bits per heavy atom. The number of nitrogens with zero attached hydrogens (tertiary/aromatic N) is 5. The fraction of sp³-hybridized carbons (Fsp3) is 0.529. The van der Waals surface area contributed by atoms with Gasteiger partial charge in [-0.1, -0.05) is 0 Å². The number of carbonyl (C=O) groups excluding carboxylic acids is 1. The zero-order chi connectivity index (χ0) is 17.2. The number of aromatic nitrogens is 4. The van der Waals surface area contributed by atoms with E-state index in [4.69, 9.17) is 4.74 Å². The minimum Gasteiger partial charge on any atom is -0.368 e. The smallest absolute Gasteiger partial charge is 0.252 e. The summed E-state index contributed by atoms with van der Waals surface area (Å²) >= 11 is 0. The first-order valence-corrected chi connectivity index (χ1v) is 8.67. The number of nitrogens with one attached hydrogen (secondary N) is 1. The van der Waals surface area contributed by atoms with E-state index in [0.717, 1.165) is 30.7 Å². The van der Waals surface area contributed by atoms with Gasteiger partial charge < -0.3 is 15.0 Å². The lowest BCUT2D eigenvalue weighted by Gasteiger charge is -2.29. The molecular formula is C17H22N6O2. The summed E-state index contributed by atoms with van der Waals surface area (Å²) in [7, 11) is 1.93. The summed E-state index contributed by atoms with van der Waals surface area (Å²) in [4.78, 5) is 22.8. The first-order chi connectivity index (χ1) is 12.2. The van der Waals surface area contributed by atoms with Crippen molar-refractivity contribution < 1.29 is 9.53 Å². The Hall–Kier alpha value is -2.48. The van der Waals surface area contributed by atoms with Crippen molar-refractivity contribution in [2.45, 2.75) is 38.5 Å². The van der Waals surface area contributed by atoms with Gasteiger partial charge in [0.1, 0.15) is 6.10 Å². The van der Waals surface area contributed by atoms with Gasteiger partial charge in [-0.15, -0.1) is 0 Å². The molecular weight excluding hydrogens is 320 g/mol. The normalized spacial score (nSPS) is 19.7. The fourth-order valence-electron chi connectivity index (χ4n) is 3.52. The standard InChI is InChI=1S/C17H22N6O2/c1-22-14-11-23(16(24)15-4-2-9-25-15)8-5-12(14)13(21-22)10-20-17-18-6-3-7-19-17/h3,6-7,15H,2,4-5,8-11H2,1H3,(H,18,19,20). The molecule has 2 aliphatic heterocycles. The summed E-state index contributed by atoms with van der Waals surface area (Å²) in [6, 6.07) is 1.79. The lowest BCUT2D eigenvalue weighted by atomic mass is 10.0. The van der Waals surface area contributed by atoms with Crippen molar-refractivity contribution in [1.82, 2.24) is 24.6 Å². The molecule has 2 aromatic rings. The van der Waals surface area contributed by atoms with E-state index in [1.807, 2.05) is 16.6 Å². The van der Waals surface area contributed by atoms with E-state index in [9.17, 15) is 4.79 Å². The van der Waals surface area contributed by atoms with E-state index >= 15 is 0 Å². The molecule has 1 amide bonds. The monoisotopic (exact) mass is 342 g/mol. The van der Waals surface area contributed by atoms with E-state index in [-0.39, 0.29) is 12.0 Å². The molecule has 1 atom stereocenters. The highest BCUT2D eigenvalue weighted by molar-refractivity contribution is 5.81. The van der Waals surface area contributed by atoms with Gasteiger partial charge in [0.05, 0.1) is 24.5 Å². The SMILES string of the molecule is Cn1nc(CNc2ncccn2)c2c1CN(C(=O)C1CCCO1)CC2. The molecule has 1 fully saturated rings. The van der Waals surface area contributed by atoms with Crippen LogP contribution in [0.25, 0.3) is 0 Å². The van der Waals surface area contributed by atoms with Crippen LogP contribution in [-0.4, -0.2) is 49.8 Å². The molecule has 2 aromatic heterocycles. The highest BCUT2D eigenvalue weighted by Gasteiger charge is 2.32. The number of hydrogen-bond donors (Lipinski definition) is 1. The largest absolute Gasteiger partial charge is 0.368 e. The van der Waals surface area contributed by atoms with Crippen LogP contribution in [0.1, 0.15) is 29.8 Å². The van der Waals surface area contributed by atoms with Crippen molar-refractivity contribution in [1.29, 1.82) is 0 Å². The van der Waals surface area contributed by atoms with Crippen LogP contribution in [0.5, 0.6) is 0 Å². The molecule has 132 valence electrons. The van der Waals surface area contributed by atoms with Crippen molar-refractivity contribution in [2.75, 3.05) is 18.5 Å². The van der Waals surface area contributed by atoms with Gasteiger partial charge in [-0.05, 0) is 25.3 Å². The van der Waals surface area contributed by atoms with Crippen molar-refractivity contribution in [3.63, 3.8) is 0 Å². The van der Waals surface area contributed by atoms with Gasteiger partial charge in [0.2, 0.25) is 5.95 Å². The number of rotatable bonds is 4. The molecule has 4 rings (SSSR count). The minimum absolute atomic E-state index is 0.113. The van der Waals surface area contributed by atoms with Gasteiger partial charge >= 0.3 is 0 Å². The number of fused-ring (bicyclic) bond motifs is 1. The van der Waals surface area contributed by atoms with Crippen molar-refractivity contribution in [2.24, 2.45) is 7.05 Å². The maximum atomic E-state index is 12.6. The van der Waals surface area contributed by atoms with Gasteiger partial charge in [0.15, 0.2) is 0 Å². The van der Waals surface area contributed by atoms with Crippen molar-refractivity contribution in [3.8, 4) is 0 Å².